The van der Waals surface area contributed by atoms with Gasteiger partial charge in [-0.15, -0.1) is 0 Å². The van der Waals surface area contributed by atoms with Crippen LogP contribution in [0.25, 0.3) is 0 Å². The SMILES string of the molecule is CCC1C(c2ccc(Cc3ccccc3)cc2)C2CN(C(C)=O)CCCCN12. The van der Waals surface area contributed by atoms with Gasteiger partial charge in [0.05, 0.1) is 0 Å². The summed E-state index contributed by atoms with van der Waals surface area (Å²) in [5.74, 6) is 0.759. The highest BCUT2D eigenvalue weighted by Gasteiger charge is 2.48. The molecule has 1 amide bonds. The van der Waals surface area contributed by atoms with Gasteiger partial charge in [-0.3, -0.25) is 9.69 Å². The summed E-state index contributed by atoms with van der Waals surface area (Å²) < 4.78 is 0. The average Bonchev–Trinajstić information content (AvgIpc) is 2.68. The van der Waals surface area contributed by atoms with Gasteiger partial charge in [0.15, 0.2) is 0 Å². The third-order valence-electron chi connectivity index (χ3n) is 6.66. The number of nitrogens with zero attached hydrogens (tertiary/aromatic N) is 2. The fourth-order valence-corrected chi connectivity index (χ4v) is 5.19. The van der Waals surface area contributed by atoms with E-state index >= 15 is 0 Å². The van der Waals surface area contributed by atoms with Crippen LogP contribution in [0.2, 0.25) is 0 Å². The molecular weight excluding hydrogens is 344 g/mol. The summed E-state index contributed by atoms with van der Waals surface area (Å²) in [6.07, 6.45) is 4.47. The Kier molecular flexibility index (Phi) is 5.82. The highest BCUT2D eigenvalue weighted by molar-refractivity contribution is 5.73. The molecule has 0 aliphatic carbocycles. The first-order chi connectivity index (χ1) is 13.7. The lowest BCUT2D eigenvalue weighted by Gasteiger charge is -2.57. The highest BCUT2D eigenvalue weighted by Crippen LogP contribution is 2.43. The van der Waals surface area contributed by atoms with E-state index in [9.17, 15) is 4.79 Å². The molecule has 3 heteroatoms. The number of carbonyl (C=O) groups is 1. The summed E-state index contributed by atoms with van der Waals surface area (Å²) in [6.45, 7) is 6.99. The van der Waals surface area contributed by atoms with E-state index in [0.717, 1.165) is 25.9 Å². The molecule has 2 aliphatic heterocycles. The number of hydrogen-bond donors (Lipinski definition) is 0. The van der Waals surface area contributed by atoms with Gasteiger partial charge in [-0.25, -0.2) is 0 Å². The van der Waals surface area contributed by atoms with Crippen LogP contribution in [0.3, 0.4) is 0 Å². The molecule has 28 heavy (non-hydrogen) atoms. The van der Waals surface area contributed by atoms with Crippen LogP contribution >= 0.6 is 0 Å². The molecule has 0 spiro atoms. The standard InChI is InChI=1S/C25H32N2O/c1-3-23-25(24-18-26(19(2)28)15-7-8-16-27(23)24)22-13-11-21(12-14-22)17-20-9-5-4-6-10-20/h4-6,9-14,23-25H,3,7-8,15-18H2,1-2H3. The summed E-state index contributed by atoms with van der Waals surface area (Å²) in [5, 5.41) is 0. The minimum absolute atomic E-state index is 0.221. The van der Waals surface area contributed by atoms with E-state index in [1.54, 1.807) is 6.92 Å². The number of benzene rings is 2. The zero-order valence-corrected chi connectivity index (χ0v) is 17.2. The Hall–Kier alpha value is -2.13. The lowest BCUT2D eigenvalue weighted by atomic mass is 9.73. The van der Waals surface area contributed by atoms with E-state index in [4.69, 9.17) is 0 Å². The molecule has 3 nitrogen and oxygen atoms in total. The third-order valence-corrected chi connectivity index (χ3v) is 6.66. The van der Waals surface area contributed by atoms with Gasteiger partial charge in [-0.2, -0.15) is 0 Å². The third kappa shape index (κ3) is 3.86. The second-order valence-corrected chi connectivity index (χ2v) is 8.38. The normalized spacial score (nSPS) is 25.4. The van der Waals surface area contributed by atoms with Crippen molar-refractivity contribution in [1.82, 2.24) is 9.80 Å². The molecule has 2 aromatic rings. The fraction of sp³-hybridized carbons (Fsp3) is 0.480. The van der Waals surface area contributed by atoms with Crippen LogP contribution in [-0.2, 0) is 11.2 Å². The number of rotatable bonds is 4. The van der Waals surface area contributed by atoms with Crippen LogP contribution in [0, 0.1) is 0 Å². The molecule has 3 unspecified atom stereocenters. The van der Waals surface area contributed by atoms with Crippen molar-refractivity contribution in [1.29, 1.82) is 0 Å². The van der Waals surface area contributed by atoms with E-state index in [0.29, 0.717) is 18.0 Å². The lowest BCUT2D eigenvalue weighted by molar-refractivity contribution is -0.133. The van der Waals surface area contributed by atoms with Gasteiger partial charge in [0.1, 0.15) is 0 Å². The van der Waals surface area contributed by atoms with Crippen molar-refractivity contribution in [2.45, 2.75) is 57.5 Å². The van der Waals surface area contributed by atoms with Gasteiger partial charge >= 0.3 is 0 Å². The summed E-state index contributed by atoms with van der Waals surface area (Å²) >= 11 is 0. The molecule has 2 saturated heterocycles. The first-order valence-electron chi connectivity index (χ1n) is 10.8. The van der Waals surface area contributed by atoms with Crippen molar-refractivity contribution in [3.63, 3.8) is 0 Å². The molecule has 2 fully saturated rings. The van der Waals surface area contributed by atoms with Crippen molar-refractivity contribution in [2.75, 3.05) is 19.6 Å². The average molecular weight is 377 g/mol. The van der Waals surface area contributed by atoms with Crippen molar-refractivity contribution in [3.8, 4) is 0 Å². The molecule has 0 aromatic heterocycles. The summed E-state index contributed by atoms with van der Waals surface area (Å²) in [6, 6.07) is 21.0. The maximum absolute atomic E-state index is 12.1. The van der Waals surface area contributed by atoms with Crippen LogP contribution in [0.5, 0.6) is 0 Å². The predicted octanol–water partition coefficient (Wildman–Crippen LogP) is 4.47. The van der Waals surface area contributed by atoms with Crippen LogP contribution in [0.1, 0.15) is 55.7 Å². The molecule has 0 N–H and O–H groups in total. The minimum atomic E-state index is 0.221. The Balaban J connectivity index is 1.52. The predicted molar refractivity (Wildman–Crippen MR) is 114 cm³/mol. The first kappa shape index (κ1) is 19.2. The van der Waals surface area contributed by atoms with E-state index in [1.165, 1.54) is 36.1 Å². The fourth-order valence-electron chi connectivity index (χ4n) is 5.19. The van der Waals surface area contributed by atoms with Gasteiger partial charge in [0.25, 0.3) is 0 Å². The second-order valence-electron chi connectivity index (χ2n) is 8.38. The van der Waals surface area contributed by atoms with Crippen LogP contribution in [-0.4, -0.2) is 47.4 Å². The molecule has 0 bridgehead atoms. The van der Waals surface area contributed by atoms with Crippen molar-refractivity contribution >= 4 is 5.91 Å². The monoisotopic (exact) mass is 376 g/mol. The van der Waals surface area contributed by atoms with E-state index in [-0.39, 0.29) is 5.91 Å². The van der Waals surface area contributed by atoms with E-state index in [1.807, 2.05) is 0 Å². The summed E-state index contributed by atoms with van der Waals surface area (Å²) in [7, 11) is 0. The Labute approximate surface area is 169 Å². The number of hydrogen-bond acceptors (Lipinski definition) is 2. The molecule has 0 radical (unpaired) electrons. The number of fused-ring (bicyclic) bond motifs is 1. The van der Waals surface area contributed by atoms with Crippen LogP contribution in [0.15, 0.2) is 54.6 Å². The second kappa shape index (κ2) is 8.48. The molecular formula is C25H32N2O. The topological polar surface area (TPSA) is 23.6 Å². The Morgan fingerprint density at radius 2 is 1.64 bits per heavy atom. The summed E-state index contributed by atoms with van der Waals surface area (Å²) in [4.78, 5) is 16.8. The molecule has 0 saturated carbocycles. The number of carbonyl (C=O) groups excluding carboxylic acids is 1. The lowest BCUT2D eigenvalue weighted by Crippen LogP contribution is -2.66. The number of amides is 1. The maximum atomic E-state index is 12.1. The van der Waals surface area contributed by atoms with Crippen molar-refractivity contribution in [3.05, 3.63) is 71.3 Å². The molecule has 3 atom stereocenters. The van der Waals surface area contributed by atoms with Gasteiger partial charge in [-0.05, 0) is 48.9 Å². The smallest absolute Gasteiger partial charge is 0.219 e. The van der Waals surface area contributed by atoms with E-state index < -0.39 is 0 Å². The Morgan fingerprint density at radius 3 is 2.32 bits per heavy atom. The van der Waals surface area contributed by atoms with E-state index in [2.05, 4.69) is 71.3 Å². The van der Waals surface area contributed by atoms with Gasteiger partial charge in [0, 0.05) is 38.0 Å². The molecule has 2 aromatic carbocycles. The minimum Gasteiger partial charge on any atom is -0.341 e. The highest BCUT2D eigenvalue weighted by atomic mass is 16.2. The van der Waals surface area contributed by atoms with Crippen molar-refractivity contribution in [2.24, 2.45) is 0 Å². The van der Waals surface area contributed by atoms with Gasteiger partial charge in [0.2, 0.25) is 5.91 Å². The molecule has 4 rings (SSSR count). The zero-order valence-electron chi connectivity index (χ0n) is 17.2. The van der Waals surface area contributed by atoms with Gasteiger partial charge in [-0.1, -0.05) is 61.5 Å². The largest absolute Gasteiger partial charge is 0.341 e. The van der Waals surface area contributed by atoms with Crippen LogP contribution in [0.4, 0.5) is 0 Å². The summed E-state index contributed by atoms with van der Waals surface area (Å²) in [5.41, 5.74) is 4.16. The van der Waals surface area contributed by atoms with Crippen LogP contribution < -0.4 is 0 Å². The van der Waals surface area contributed by atoms with Gasteiger partial charge < -0.3 is 4.90 Å². The molecule has 2 aliphatic rings. The molecule has 2 heterocycles. The van der Waals surface area contributed by atoms with Crippen molar-refractivity contribution < 1.29 is 4.79 Å². The zero-order chi connectivity index (χ0) is 19.5. The Bertz CT molecular complexity index is 786. The quantitative estimate of drug-likeness (QED) is 0.786. The maximum Gasteiger partial charge on any atom is 0.219 e. The Morgan fingerprint density at radius 1 is 0.964 bits per heavy atom. The molecule has 148 valence electrons. The first-order valence-corrected chi connectivity index (χ1v) is 10.8.